The number of aliphatic hydroxyl groups excluding tert-OH is 1. The van der Waals surface area contributed by atoms with Crippen molar-refractivity contribution in [3.8, 4) is 5.75 Å². The Morgan fingerprint density at radius 3 is 2.76 bits per heavy atom. The molecule has 1 amide bonds. The minimum absolute atomic E-state index is 0.111. The van der Waals surface area contributed by atoms with Gasteiger partial charge in [-0.15, -0.1) is 0 Å². The van der Waals surface area contributed by atoms with E-state index in [0.29, 0.717) is 22.3 Å². The molecule has 1 aromatic carbocycles. The molecule has 2 aromatic rings. The number of aliphatic hydroxyl groups is 1. The van der Waals surface area contributed by atoms with Crippen molar-refractivity contribution in [3.63, 3.8) is 0 Å². The molecule has 0 spiro atoms. The number of carbonyl (C=O) groups excluding carboxylic acids is 1. The van der Waals surface area contributed by atoms with Gasteiger partial charge < -0.3 is 20.1 Å². The van der Waals surface area contributed by atoms with Crippen LogP contribution in [-0.4, -0.2) is 59.3 Å². The zero-order valence-electron chi connectivity index (χ0n) is 16.1. The van der Waals surface area contributed by atoms with Crippen LogP contribution in [0.25, 0.3) is 0 Å². The Morgan fingerprint density at radius 2 is 2.07 bits per heavy atom. The topological polar surface area (TPSA) is 74.7 Å². The van der Waals surface area contributed by atoms with Crippen molar-refractivity contribution in [1.29, 1.82) is 0 Å². The monoisotopic (exact) mass is 437 g/mol. The lowest BCUT2D eigenvalue weighted by Gasteiger charge is -2.33. The first-order valence-corrected chi connectivity index (χ1v) is 10.4. The van der Waals surface area contributed by atoms with E-state index in [0.717, 1.165) is 31.5 Å². The number of ether oxygens (including phenoxy) is 1. The first-order chi connectivity index (χ1) is 14.0. The maximum Gasteiger partial charge on any atom is 0.224 e. The summed E-state index contributed by atoms with van der Waals surface area (Å²) in [5.41, 5.74) is 0.850. The summed E-state index contributed by atoms with van der Waals surface area (Å²) in [6.07, 6.45) is 4.82. The van der Waals surface area contributed by atoms with Gasteiger partial charge in [-0.05, 0) is 36.6 Å². The van der Waals surface area contributed by atoms with E-state index in [-0.39, 0.29) is 25.0 Å². The summed E-state index contributed by atoms with van der Waals surface area (Å²) < 4.78 is 5.99. The summed E-state index contributed by atoms with van der Waals surface area (Å²) in [5, 5.41) is 14.0. The molecule has 0 unspecified atom stereocenters. The summed E-state index contributed by atoms with van der Waals surface area (Å²) in [6, 6.07) is 8.93. The second-order valence-corrected chi connectivity index (χ2v) is 8.00. The molecule has 1 aromatic heterocycles. The summed E-state index contributed by atoms with van der Waals surface area (Å²) in [6.45, 7) is 2.41. The molecule has 3 rings (SSSR count). The Labute approximate surface area is 180 Å². The Morgan fingerprint density at radius 1 is 1.28 bits per heavy atom. The highest BCUT2D eigenvalue weighted by Gasteiger charge is 2.22. The number of aromatic nitrogens is 1. The Hall–Kier alpha value is -1.86. The van der Waals surface area contributed by atoms with Crippen molar-refractivity contribution in [2.45, 2.75) is 31.5 Å². The average Bonchev–Trinajstić information content (AvgIpc) is 2.71. The third-order valence-corrected chi connectivity index (χ3v) is 5.56. The normalized spacial score (nSPS) is 16.4. The van der Waals surface area contributed by atoms with Gasteiger partial charge in [0.1, 0.15) is 11.9 Å². The second kappa shape index (κ2) is 10.8. The summed E-state index contributed by atoms with van der Waals surface area (Å²) in [7, 11) is 0. The molecule has 0 aliphatic carbocycles. The Kier molecular flexibility index (Phi) is 8.12. The van der Waals surface area contributed by atoms with Crippen molar-refractivity contribution in [2.75, 3.05) is 26.2 Å². The highest BCUT2D eigenvalue weighted by Crippen LogP contribution is 2.28. The van der Waals surface area contributed by atoms with Gasteiger partial charge in [0.2, 0.25) is 5.91 Å². The molecule has 0 saturated carbocycles. The number of piperidine rings is 1. The van der Waals surface area contributed by atoms with E-state index in [1.165, 1.54) is 0 Å². The fourth-order valence-corrected chi connectivity index (χ4v) is 3.59. The zero-order chi connectivity index (χ0) is 20.6. The standard InChI is InChI=1S/C21H25Cl2N3O3/c22-19-4-3-18(11-20(19)23)29-17-5-8-26(9-6-17)14-16(27)13-25-21(28)10-15-2-1-7-24-12-15/h1-4,7,11-12,16-17,27H,5-6,8-10,13-14H2,(H,25,28)/t16-/m1/s1. The van der Waals surface area contributed by atoms with Gasteiger partial charge in [0, 0.05) is 44.6 Å². The molecule has 1 aliphatic rings. The highest BCUT2D eigenvalue weighted by molar-refractivity contribution is 6.42. The average molecular weight is 438 g/mol. The van der Waals surface area contributed by atoms with Gasteiger partial charge in [0.25, 0.3) is 0 Å². The van der Waals surface area contributed by atoms with Crippen molar-refractivity contribution in [3.05, 3.63) is 58.3 Å². The number of amides is 1. The van der Waals surface area contributed by atoms with Crippen LogP contribution in [0.3, 0.4) is 0 Å². The molecule has 2 N–H and O–H groups in total. The van der Waals surface area contributed by atoms with E-state index < -0.39 is 6.10 Å². The largest absolute Gasteiger partial charge is 0.490 e. The highest BCUT2D eigenvalue weighted by atomic mass is 35.5. The predicted octanol–water partition coefficient (Wildman–Crippen LogP) is 2.95. The molecule has 0 bridgehead atoms. The van der Waals surface area contributed by atoms with E-state index in [1.54, 1.807) is 30.6 Å². The number of β-amino-alcohol motifs (C(OH)–C–C–N with tert-alkyl or cyclic N) is 1. The van der Waals surface area contributed by atoms with Crippen LogP contribution in [0.15, 0.2) is 42.7 Å². The number of pyridine rings is 1. The SMILES string of the molecule is O=C(Cc1cccnc1)NC[C@@H](O)CN1CCC(Oc2ccc(Cl)c(Cl)c2)CC1. The first kappa shape index (κ1) is 21.8. The van der Waals surface area contributed by atoms with Gasteiger partial charge in [0.05, 0.1) is 22.6 Å². The number of carbonyl (C=O) groups is 1. The van der Waals surface area contributed by atoms with Crippen LogP contribution in [-0.2, 0) is 11.2 Å². The first-order valence-electron chi connectivity index (χ1n) is 9.67. The second-order valence-electron chi connectivity index (χ2n) is 7.19. The number of hydrogen-bond acceptors (Lipinski definition) is 5. The quantitative estimate of drug-likeness (QED) is 0.663. The third-order valence-electron chi connectivity index (χ3n) is 4.82. The molecule has 1 aliphatic heterocycles. The molecule has 2 heterocycles. The summed E-state index contributed by atoms with van der Waals surface area (Å²) in [5.74, 6) is 0.597. The van der Waals surface area contributed by atoms with E-state index in [1.807, 2.05) is 12.1 Å². The van der Waals surface area contributed by atoms with Crippen LogP contribution in [0.5, 0.6) is 5.75 Å². The fraction of sp³-hybridized carbons (Fsp3) is 0.429. The van der Waals surface area contributed by atoms with E-state index >= 15 is 0 Å². The smallest absolute Gasteiger partial charge is 0.224 e. The lowest BCUT2D eigenvalue weighted by atomic mass is 10.1. The zero-order valence-corrected chi connectivity index (χ0v) is 17.6. The number of rotatable bonds is 8. The lowest BCUT2D eigenvalue weighted by molar-refractivity contribution is -0.121. The molecule has 0 radical (unpaired) electrons. The van der Waals surface area contributed by atoms with Crippen molar-refractivity contribution < 1.29 is 14.6 Å². The number of nitrogens with one attached hydrogen (secondary N) is 1. The molecule has 1 saturated heterocycles. The van der Waals surface area contributed by atoms with Crippen LogP contribution < -0.4 is 10.1 Å². The van der Waals surface area contributed by atoms with Gasteiger partial charge in [-0.3, -0.25) is 9.78 Å². The van der Waals surface area contributed by atoms with Gasteiger partial charge in [0.15, 0.2) is 0 Å². The molecule has 29 heavy (non-hydrogen) atoms. The van der Waals surface area contributed by atoms with E-state index in [2.05, 4.69) is 15.2 Å². The maximum atomic E-state index is 12.0. The minimum atomic E-state index is -0.611. The van der Waals surface area contributed by atoms with Crippen LogP contribution in [0, 0.1) is 0 Å². The van der Waals surface area contributed by atoms with Gasteiger partial charge in [-0.1, -0.05) is 29.3 Å². The lowest BCUT2D eigenvalue weighted by Crippen LogP contribution is -2.45. The van der Waals surface area contributed by atoms with Crippen LogP contribution in [0.2, 0.25) is 10.0 Å². The van der Waals surface area contributed by atoms with E-state index in [4.69, 9.17) is 27.9 Å². The molecular weight excluding hydrogens is 413 g/mol. The van der Waals surface area contributed by atoms with Gasteiger partial charge in [-0.2, -0.15) is 0 Å². The molecule has 156 valence electrons. The molecule has 1 atom stereocenters. The van der Waals surface area contributed by atoms with Crippen LogP contribution in [0.1, 0.15) is 18.4 Å². The molecular formula is C21H25Cl2N3O3. The summed E-state index contributed by atoms with van der Waals surface area (Å²) in [4.78, 5) is 18.2. The van der Waals surface area contributed by atoms with E-state index in [9.17, 15) is 9.90 Å². The van der Waals surface area contributed by atoms with Gasteiger partial charge in [-0.25, -0.2) is 0 Å². The molecule has 6 nitrogen and oxygen atoms in total. The van der Waals surface area contributed by atoms with Crippen molar-refractivity contribution >= 4 is 29.1 Å². The molecule has 1 fully saturated rings. The van der Waals surface area contributed by atoms with Crippen molar-refractivity contribution in [1.82, 2.24) is 15.2 Å². The Balaban J connectivity index is 1.34. The number of nitrogens with zero attached hydrogens (tertiary/aromatic N) is 2. The predicted molar refractivity (Wildman–Crippen MR) is 114 cm³/mol. The fourth-order valence-electron chi connectivity index (χ4n) is 3.30. The third kappa shape index (κ3) is 7.16. The van der Waals surface area contributed by atoms with Gasteiger partial charge >= 0.3 is 0 Å². The van der Waals surface area contributed by atoms with Crippen molar-refractivity contribution in [2.24, 2.45) is 0 Å². The Bertz CT molecular complexity index is 799. The number of benzene rings is 1. The minimum Gasteiger partial charge on any atom is -0.490 e. The maximum absolute atomic E-state index is 12.0. The number of halogens is 2. The number of hydrogen-bond donors (Lipinski definition) is 2. The van der Waals surface area contributed by atoms with Crippen LogP contribution in [0.4, 0.5) is 0 Å². The summed E-state index contributed by atoms with van der Waals surface area (Å²) >= 11 is 12.0. The van der Waals surface area contributed by atoms with Crippen LogP contribution >= 0.6 is 23.2 Å². The number of likely N-dealkylation sites (tertiary alicyclic amines) is 1. The molecule has 8 heteroatoms.